The molecule has 0 bridgehead atoms. The normalized spacial score (nSPS) is 14.0. The Hall–Kier alpha value is -2.68. The second-order valence-electron chi connectivity index (χ2n) is 8.23. The largest absolute Gasteiger partial charge is 0.458 e. The summed E-state index contributed by atoms with van der Waals surface area (Å²) in [4.78, 5) is 34.9. The molecule has 0 radical (unpaired) electrons. The number of nitro groups is 1. The van der Waals surface area contributed by atoms with Crippen LogP contribution in [0.15, 0.2) is 24.3 Å². The van der Waals surface area contributed by atoms with E-state index in [0.717, 1.165) is 0 Å². The lowest BCUT2D eigenvalue weighted by Crippen LogP contribution is -2.53. The fourth-order valence-electron chi connectivity index (χ4n) is 2.26. The van der Waals surface area contributed by atoms with Gasteiger partial charge in [0.1, 0.15) is 11.4 Å². The topological polar surface area (TPSA) is 117 Å². The van der Waals surface area contributed by atoms with Gasteiger partial charge in [-0.2, -0.15) is 0 Å². The van der Waals surface area contributed by atoms with Crippen molar-refractivity contribution in [2.75, 3.05) is 0 Å². The Kier molecular flexibility index (Phi) is 7.51. The summed E-state index contributed by atoms with van der Waals surface area (Å²) in [6.45, 7) is 12.3. The number of rotatable bonds is 6. The second kappa shape index (κ2) is 9.01. The number of nitrogens with zero attached hydrogens (tertiary/aromatic N) is 1. The lowest BCUT2D eigenvalue weighted by molar-refractivity contribution is -0.384. The molecule has 1 unspecified atom stereocenters. The first kappa shape index (κ1) is 23.4. The molecule has 1 N–H and O–H groups in total. The van der Waals surface area contributed by atoms with Gasteiger partial charge in [-0.05, 0) is 60.6 Å². The van der Waals surface area contributed by atoms with Crippen molar-refractivity contribution in [1.29, 1.82) is 0 Å². The average Bonchev–Trinajstić information content (AvgIpc) is 2.49. The molecule has 9 heteroatoms. The van der Waals surface area contributed by atoms with E-state index in [9.17, 15) is 19.7 Å². The number of hydrogen-bond donors (Lipinski definition) is 1. The molecular formula is C19H28N2O7. The molecule has 2 atom stereocenters. The fourth-order valence-corrected chi connectivity index (χ4v) is 2.26. The quantitative estimate of drug-likeness (QED) is 0.443. The van der Waals surface area contributed by atoms with Gasteiger partial charge in [0.15, 0.2) is 6.04 Å². The van der Waals surface area contributed by atoms with Crippen molar-refractivity contribution in [2.24, 2.45) is 0 Å². The van der Waals surface area contributed by atoms with Crippen LogP contribution in [0.5, 0.6) is 5.75 Å². The Labute approximate surface area is 164 Å². The zero-order valence-electron chi connectivity index (χ0n) is 17.3. The van der Waals surface area contributed by atoms with E-state index in [1.807, 2.05) is 20.8 Å². The predicted molar refractivity (Wildman–Crippen MR) is 102 cm³/mol. The lowest BCUT2D eigenvalue weighted by atomic mass is 10.1. The summed E-state index contributed by atoms with van der Waals surface area (Å²) in [5, 5.41) is 13.1. The molecule has 0 aliphatic carbocycles. The van der Waals surface area contributed by atoms with Crippen LogP contribution in [0.4, 0.5) is 10.5 Å². The van der Waals surface area contributed by atoms with Gasteiger partial charge in [0.2, 0.25) is 0 Å². The highest BCUT2D eigenvalue weighted by molar-refractivity contribution is 5.83. The van der Waals surface area contributed by atoms with Crippen LogP contribution in [0.3, 0.4) is 0 Å². The highest BCUT2D eigenvalue weighted by Crippen LogP contribution is 2.19. The summed E-state index contributed by atoms with van der Waals surface area (Å²) in [5.74, 6) is -0.569. The number of benzene rings is 1. The smallest absolute Gasteiger partial charge is 0.413 e. The molecule has 1 rings (SSSR count). The molecule has 0 aliphatic rings. The second-order valence-corrected chi connectivity index (χ2v) is 8.23. The SMILES string of the molecule is CC(OC(C)(C)C)[C@H](NC(=O)Oc1ccc([N+](=O)[O-])cc1)C(=O)OC(C)(C)C. The zero-order chi connectivity index (χ0) is 21.7. The molecule has 0 saturated heterocycles. The number of nitrogens with one attached hydrogen (secondary N) is 1. The highest BCUT2D eigenvalue weighted by Gasteiger charge is 2.34. The molecule has 9 nitrogen and oxygen atoms in total. The first-order valence-corrected chi connectivity index (χ1v) is 8.81. The van der Waals surface area contributed by atoms with Crippen LogP contribution >= 0.6 is 0 Å². The van der Waals surface area contributed by atoms with Crippen LogP contribution in [-0.2, 0) is 14.3 Å². The third kappa shape index (κ3) is 8.34. The maximum absolute atomic E-state index is 12.5. The number of amides is 1. The highest BCUT2D eigenvalue weighted by atomic mass is 16.6. The standard InChI is InChI=1S/C19H28N2O7/c1-12(27-18(2,3)4)15(16(22)28-19(5,6)7)20-17(23)26-14-10-8-13(9-11-14)21(24)25/h8-12,15H,1-7H3,(H,20,23)/t12?,15-/m0/s1. The summed E-state index contributed by atoms with van der Waals surface area (Å²) in [6.07, 6.45) is -1.60. The average molecular weight is 396 g/mol. The minimum Gasteiger partial charge on any atom is -0.458 e. The van der Waals surface area contributed by atoms with Gasteiger partial charge in [-0.3, -0.25) is 10.1 Å². The van der Waals surface area contributed by atoms with Gasteiger partial charge >= 0.3 is 12.1 Å². The molecule has 1 amide bonds. The number of carbonyl (C=O) groups excluding carboxylic acids is 2. The summed E-state index contributed by atoms with van der Waals surface area (Å²) in [6, 6.07) is 3.88. The third-order valence-corrected chi connectivity index (χ3v) is 3.20. The van der Waals surface area contributed by atoms with E-state index in [0.29, 0.717) is 0 Å². The van der Waals surface area contributed by atoms with E-state index in [4.69, 9.17) is 14.2 Å². The molecule has 28 heavy (non-hydrogen) atoms. The first-order chi connectivity index (χ1) is 12.7. The Morgan fingerprint density at radius 2 is 1.57 bits per heavy atom. The maximum Gasteiger partial charge on any atom is 0.413 e. The molecule has 0 aromatic heterocycles. The molecule has 0 saturated carbocycles. The molecule has 0 aliphatic heterocycles. The maximum atomic E-state index is 12.5. The molecule has 1 aromatic carbocycles. The van der Waals surface area contributed by atoms with E-state index in [1.165, 1.54) is 24.3 Å². The van der Waals surface area contributed by atoms with Crippen molar-refractivity contribution in [3.05, 3.63) is 34.4 Å². The predicted octanol–water partition coefficient (Wildman–Crippen LogP) is 3.60. The van der Waals surface area contributed by atoms with Gasteiger partial charge in [0.25, 0.3) is 5.69 Å². The van der Waals surface area contributed by atoms with Crippen LogP contribution in [0, 0.1) is 10.1 Å². The fraction of sp³-hybridized carbons (Fsp3) is 0.579. The van der Waals surface area contributed by atoms with Gasteiger partial charge in [-0.15, -0.1) is 0 Å². The van der Waals surface area contributed by atoms with Crippen molar-refractivity contribution >= 4 is 17.7 Å². The molecule has 0 heterocycles. The van der Waals surface area contributed by atoms with Crippen molar-refractivity contribution in [2.45, 2.75) is 71.8 Å². The number of nitro benzene ring substituents is 1. The zero-order valence-corrected chi connectivity index (χ0v) is 17.3. The number of hydrogen-bond acceptors (Lipinski definition) is 7. The molecular weight excluding hydrogens is 368 g/mol. The Bertz CT molecular complexity index is 702. The third-order valence-electron chi connectivity index (χ3n) is 3.20. The minimum atomic E-state index is -1.11. The molecule has 0 spiro atoms. The Morgan fingerprint density at radius 3 is 2.00 bits per heavy atom. The monoisotopic (exact) mass is 396 g/mol. The summed E-state index contributed by atoms with van der Waals surface area (Å²) in [7, 11) is 0. The lowest BCUT2D eigenvalue weighted by Gasteiger charge is -2.31. The van der Waals surface area contributed by atoms with Crippen molar-refractivity contribution in [3.8, 4) is 5.75 Å². The van der Waals surface area contributed by atoms with E-state index in [-0.39, 0.29) is 11.4 Å². The van der Waals surface area contributed by atoms with Crippen molar-refractivity contribution in [3.63, 3.8) is 0 Å². The number of ether oxygens (including phenoxy) is 3. The van der Waals surface area contributed by atoms with Gasteiger partial charge in [0.05, 0.1) is 16.6 Å². The summed E-state index contributed by atoms with van der Waals surface area (Å²) >= 11 is 0. The Balaban J connectivity index is 2.89. The van der Waals surface area contributed by atoms with Crippen molar-refractivity contribution < 1.29 is 28.7 Å². The summed E-state index contributed by atoms with van der Waals surface area (Å²) in [5.41, 5.74) is -1.43. The van der Waals surface area contributed by atoms with Crippen molar-refractivity contribution in [1.82, 2.24) is 5.32 Å². The van der Waals surface area contributed by atoms with Gasteiger partial charge in [-0.1, -0.05) is 0 Å². The van der Waals surface area contributed by atoms with Gasteiger partial charge in [0, 0.05) is 12.1 Å². The number of carbonyl (C=O) groups is 2. The van der Waals surface area contributed by atoms with Crippen LogP contribution in [0.2, 0.25) is 0 Å². The first-order valence-electron chi connectivity index (χ1n) is 8.81. The van der Waals surface area contributed by atoms with Crippen LogP contribution in [0.1, 0.15) is 48.5 Å². The van der Waals surface area contributed by atoms with Gasteiger partial charge < -0.3 is 19.5 Å². The van der Waals surface area contributed by atoms with E-state index >= 15 is 0 Å². The Morgan fingerprint density at radius 1 is 1.04 bits per heavy atom. The minimum absolute atomic E-state index is 0.0930. The van der Waals surface area contributed by atoms with Crippen LogP contribution in [-0.4, -0.2) is 40.3 Å². The number of esters is 1. The van der Waals surface area contributed by atoms with E-state index in [2.05, 4.69) is 5.32 Å². The summed E-state index contributed by atoms with van der Waals surface area (Å²) < 4.78 is 16.3. The van der Waals surface area contributed by atoms with Gasteiger partial charge in [-0.25, -0.2) is 9.59 Å². The molecule has 156 valence electrons. The number of non-ortho nitro benzene ring substituents is 1. The molecule has 1 aromatic rings. The van der Waals surface area contributed by atoms with Crippen LogP contribution < -0.4 is 10.1 Å². The van der Waals surface area contributed by atoms with Crippen LogP contribution in [0.25, 0.3) is 0 Å². The van der Waals surface area contributed by atoms with E-state index in [1.54, 1.807) is 27.7 Å². The molecule has 0 fully saturated rings. The van der Waals surface area contributed by atoms with E-state index < -0.39 is 40.3 Å².